The summed E-state index contributed by atoms with van der Waals surface area (Å²) in [6.45, 7) is 0. The Morgan fingerprint density at radius 2 is 1.94 bits per heavy atom. The molecule has 1 rings (SSSR count). The lowest BCUT2D eigenvalue weighted by molar-refractivity contribution is -0.135. The number of nitrogen functional groups attached to an aromatic ring is 1. The van der Waals surface area contributed by atoms with Crippen LogP contribution in [0, 0.1) is 0 Å². The quantitative estimate of drug-likeness (QED) is 0.524. The van der Waals surface area contributed by atoms with Crippen molar-refractivity contribution < 1.29 is 19.0 Å². The van der Waals surface area contributed by atoms with E-state index in [1.807, 2.05) is 0 Å². The monoisotopic (exact) mass is 315 g/mol. The summed E-state index contributed by atoms with van der Waals surface area (Å²) in [6.07, 6.45) is 1.56. The summed E-state index contributed by atoms with van der Waals surface area (Å²) < 4.78 is 15.1. The zero-order valence-electron chi connectivity index (χ0n) is 10.3. The second-order valence-corrected chi connectivity index (χ2v) is 4.14. The van der Waals surface area contributed by atoms with Crippen molar-refractivity contribution in [3.05, 3.63) is 22.2 Å². The van der Waals surface area contributed by atoms with Gasteiger partial charge in [-0.05, 0) is 34.1 Å². The number of ether oxygens (including phenoxy) is 3. The lowest BCUT2D eigenvalue weighted by atomic mass is 10.1. The number of benzene rings is 1. The molecule has 0 radical (unpaired) electrons. The molecule has 0 aliphatic rings. The van der Waals surface area contributed by atoms with Crippen molar-refractivity contribution in [1.82, 2.24) is 0 Å². The summed E-state index contributed by atoms with van der Waals surface area (Å²) >= 11 is 3.12. The van der Waals surface area contributed by atoms with Gasteiger partial charge in [-0.25, -0.2) is 4.79 Å². The van der Waals surface area contributed by atoms with Crippen molar-refractivity contribution in [3.8, 4) is 11.5 Å². The molecule has 2 N–H and O–H groups in total. The zero-order chi connectivity index (χ0) is 13.7. The van der Waals surface area contributed by atoms with Gasteiger partial charge in [0.1, 0.15) is 4.48 Å². The molecule has 0 aliphatic heterocycles. The van der Waals surface area contributed by atoms with E-state index in [-0.39, 0.29) is 4.48 Å². The van der Waals surface area contributed by atoms with Gasteiger partial charge in [0.05, 0.1) is 27.0 Å². The summed E-state index contributed by atoms with van der Waals surface area (Å²) in [4.78, 5) is 11.3. The van der Waals surface area contributed by atoms with Crippen LogP contribution in [-0.4, -0.2) is 27.3 Å². The van der Waals surface area contributed by atoms with Crippen LogP contribution in [0.2, 0.25) is 0 Å². The Kier molecular flexibility index (Phi) is 5.03. The normalized spacial score (nSPS) is 11.0. The zero-order valence-corrected chi connectivity index (χ0v) is 11.9. The van der Waals surface area contributed by atoms with Crippen molar-refractivity contribution in [1.29, 1.82) is 0 Å². The van der Waals surface area contributed by atoms with Gasteiger partial charge in [0.15, 0.2) is 11.5 Å². The molecular weight excluding hydrogens is 302 g/mol. The van der Waals surface area contributed by atoms with Gasteiger partial charge in [0.25, 0.3) is 0 Å². The van der Waals surface area contributed by atoms with Gasteiger partial charge < -0.3 is 19.9 Å². The highest BCUT2D eigenvalue weighted by Gasteiger charge is 2.13. The van der Waals surface area contributed by atoms with E-state index >= 15 is 0 Å². The maximum absolute atomic E-state index is 11.3. The van der Waals surface area contributed by atoms with Gasteiger partial charge in [-0.1, -0.05) is 0 Å². The van der Waals surface area contributed by atoms with Gasteiger partial charge in [-0.3, -0.25) is 0 Å². The molecule has 0 aliphatic carbocycles. The fourth-order valence-corrected chi connectivity index (χ4v) is 1.79. The minimum Gasteiger partial charge on any atom is -0.493 e. The second-order valence-electron chi connectivity index (χ2n) is 3.29. The second kappa shape index (κ2) is 6.30. The molecule has 0 heterocycles. The Morgan fingerprint density at radius 1 is 1.28 bits per heavy atom. The molecule has 0 atom stereocenters. The molecule has 6 heteroatoms. The van der Waals surface area contributed by atoms with Gasteiger partial charge in [0.2, 0.25) is 0 Å². The van der Waals surface area contributed by atoms with Crippen molar-refractivity contribution in [2.75, 3.05) is 27.1 Å². The van der Waals surface area contributed by atoms with E-state index < -0.39 is 5.97 Å². The fourth-order valence-electron chi connectivity index (χ4n) is 1.38. The first-order valence-electron chi connectivity index (χ1n) is 5.01. The van der Waals surface area contributed by atoms with Gasteiger partial charge in [-0.15, -0.1) is 0 Å². The van der Waals surface area contributed by atoms with Crippen LogP contribution in [0.3, 0.4) is 0 Å². The number of esters is 1. The number of methoxy groups -OCH3 is 3. The van der Waals surface area contributed by atoms with Crippen LogP contribution in [0.15, 0.2) is 16.6 Å². The topological polar surface area (TPSA) is 70.8 Å². The summed E-state index contributed by atoms with van der Waals surface area (Å²) in [7, 11) is 4.32. The number of carbonyl (C=O) groups is 1. The number of halogens is 1. The van der Waals surface area contributed by atoms with E-state index in [2.05, 4.69) is 20.7 Å². The largest absolute Gasteiger partial charge is 0.493 e. The predicted octanol–water partition coefficient (Wildman–Crippen LogP) is 2.19. The Bertz CT molecular complexity index is 485. The van der Waals surface area contributed by atoms with Gasteiger partial charge in [0, 0.05) is 5.56 Å². The van der Waals surface area contributed by atoms with Crippen LogP contribution >= 0.6 is 15.9 Å². The van der Waals surface area contributed by atoms with Gasteiger partial charge >= 0.3 is 5.97 Å². The van der Waals surface area contributed by atoms with Crippen LogP contribution in [0.5, 0.6) is 11.5 Å². The van der Waals surface area contributed by atoms with Crippen molar-refractivity contribution in [2.24, 2.45) is 0 Å². The highest BCUT2D eigenvalue weighted by atomic mass is 79.9. The van der Waals surface area contributed by atoms with Crippen molar-refractivity contribution in [3.63, 3.8) is 0 Å². The fraction of sp³-hybridized carbons (Fsp3) is 0.250. The summed E-state index contributed by atoms with van der Waals surface area (Å²) in [5, 5.41) is 0. The lowest BCUT2D eigenvalue weighted by Gasteiger charge is -2.12. The maximum Gasteiger partial charge on any atom is 0.344 e. The number of carbonyl (C=O) groups excluding carboxylic acids is 1. The highest BCUT2D eigenvalue weighted by molar-refractivity contribution is 9.12. The highest BCUT2D eigenvalue weighted by Crippen LogP contribution is 2.36. The predicted molar refractivity (Wildman–Crippen MR) is 72.9 cm³/mol. The van der Waals surface area contributed by atoms with Crippen LogP contribution in [-0.2, 0) is 9.53 Å². The average Bonchev–Trinajstić information content (AvgIpc) is 2.39. The summed E-state index contributed by atoms with van der Waals surface area (Å²) in [5.74, 6) is 0.474. The third kappa shape index (κ3) is 2.95. The molecule has 0 spiro atoms. The molecule has 0 saturated heterocycles. The summed E-state index contributed by atoms with van der Waals surface area (Å²) in [6, 6.07) is 3.43. The first-order chi connectivity index (χ1) is 8.54. The Morgan fingerprint density at radius 3 is 2.44 bits per heavy atom. The van der Waals surface area contributed by atoms with E-state index in [1.54, 1.807) is 18.2 Å². The Balaban J connectivity index is 3.23. The van der Waals surface area contributed by atoms with Gasteiger partial charge in [-0.2, -0.15) is 0 Å². The third-order valence-corrected chi connectivity index (χ3v) is 2.83. The SMILES string of the molecule is COC(=O)/C(Br)=C/c1ccc(OC)c(OC)c1N. The van der Waals surface area contributed by atoms with Crippen molar-refractivity contribution >= 4 is 33.7 Å². The van der Waals surface area contributed by atoms with E-state index in [0.29, 0.717) is 22.7 Å². The van der Waals surface area contributed by atoms with Crippen molar-refractivity contribution in [2.45, 2.75) is 0 Å². The molecule has 0 bridgehead atoms. The number of hydrogen-bond acceptors (Lipinski definition) is 5. The minimum atomic E-state index is -0.482. The number of rotatable bonds is 4. The molecule has 1 aromatic carbocycles. The maximum atomic E-state index is 11.3. The number of hydrogen-bond donors (Lipinski definition) is 1. The van der Waals surface area contributed by atoms with E-state index in [9.17, 15) is 4.79 Å². The first-order valence-corrected chi connectivity index (χ1v) is 5.80. The van der Waals surface area contributed by atoms with E-state index in [0.717, 1.165) is 0 Å². The smallest absolute Gasteiger partial charge is 0.344 e. The van der Waals surface area contributed by atoms with Crippen LogP contribution in [0.1, 0.15) is 5.56 Å². The van der Waals surface area contributed by atoms with Crippen LogP contribution in [0.25, 0.3) is 6.08 Å². The molecule has 0 amide bonds. The molecular formula is C12H14BrNO4. The molecule has 98 valence electrons. The molecule has 18 heavy (non-hydrogen) atoms. The Hall–Kier alpha value is -1.69. The molecule has 5 nitrogen and oxygen atoms in total. The molecule has 0 aromatic heterocycles. The van der Waals surface area contributed by atoms with E-state index in [1.165, 1.54) is 21.3 Å². The molecule has 0 unspecified atom stereocenters. The average molecular weight is 316 g/mol. The summed E-state index contributed by atoms with van der Waals surface area (Å²) in [5.41, 5.74) is 6.95. The molecule has 1 aromatic rings. The molecule has 0 fully saturated rings. The first kappa shape index (κ1) is 14.4. The van der Waals surface area contributed by atoms with E-state index in [4.69, 9.17) is 15.2 Å². The standard InChI is InChI=1S/C12H14BrNO4/c1-16-9-5-4-7(10(14)11(9)17-2)6-8(13)12(15)18-3/h4-6H,14H2,1-3H3/b8-6-. The number of nitrogens with two attached hydrogens (primary N) is 1. The third-order valence-electron chi connectivity index (χ3n) is 2.28. The number of anilines is 1. The Labute approximate surface area is 114 Å². The van der Waals surface area contributed by atoms with Crippen LogP contribution in [0.4, 0.5) is 5.69 Å². The molecule has 0 saturated carbocycles. The van der Waals surface area contributed by atoms with Crippen LogP contribution < -0.4 is 15.2 Å². The lowest BCUT2D eigenvalue weighted by Crippen LogP contribution is -2.01. The minimum absolute atomic E-state index is 0.268.